The molecule has 1 N–H and O–H groups in total. The summed E-state index contributed by atoms with van der Waals surface area (Å²) >= 11 is 5.59. The molecule has 18 heavy (non-hydrogen) atoms. The van der Waals surface area contributed by atoms with Crippen LogP contribution in [-0.4, -0.2) is 29.4 Å². The highest BCUT2D eigenvalue weighted by molar-refractivity contribution is 6.29. The molecule has 0 atom stereocenters. The largest absolute Gasteiger partial charge is 0.440 e. The molecule has 0 aromatic carbocycles. The number of nitrogens with one attached hydrogen (secondary N) is 1. The van der Waals surface area contributed by atoms with E-state index >= 15 is 0 Å². The summed E-state index contributed by atoms with van der Waals surface area (Å²) in [4.78, 5) is 11.7. The van der Waals surface area contributed by atoms with Crippen LogP contribution in [0.4, 0.5) is 5.69 Å². The van der Waals surface area contributed by atoms with Crippen molar-refractivity contribution in [1.29, 1.82) is 0 Å². The summed E-state index contributed by atoms with van der Waals surface area (Å²) in [5, 5.41) is 6.90. The van der Waals surface area contributed by atoms with Gasteiger partial charge in [-0.25, -0.2) is 0 Å². The monoisotopic (exact) mass is 269 g/mol. The Hall–Kier alpha value is -1.79. The van der Waals surface area contributed by atoms with Crippen molar-refractivity contribution in [2.45, 2.75) is 6.54 Å². The van der Waals surface area contributed by atoms with Gasteiger partial charge in [0.1, 0.15) is 0 Å². The highest BCUT2D eigenvalue weighted by Crippen LogP contribution is 2.15. The van der Waals surface area contributed by atoms with Gasteiger partial charge in [0.15, 0.2) is 11.0 Å². The van der Waals surface area contributed by atoms with Gasteiger partial charge in [0.25, 0.3) is 5.91 Å². The summed E-state index contributed by atoms with van der Waals surface area (Å²) in [6.07, 6.45) is 3.26. The molecular formula is C11H12ClN3O3. The quantitative estimate of drug-likeness (QED) is 0.902. The maximum Gasteiger partial charge on any atom is 0.291 e. The molecule has 0 radical (unpaired) electrons. The molecular weight excluding hydrogens is 258 g/mol. The molecule has 2 heterocycles. The van der Waals surface area contributed by atoms with Crippen molar-refractivity contribution in [2.24, 2.45) is 0 Å². The number of hydrogen-bond acceptors (Lipinski definition) is 4. The van der Waals surface area contributed by atoms with Gasteiger partial charge in [-0.3, -0.25) is 9.48 Å². The molecule has 0 fully saturated rings. The number of amides is 1. The van der Waals surface area contributed by atoms with Crippen LogP contribution in [-0.2, 0) is 11.3 Å². The van der Waals surface area contributed by atoms with Gasteiger partial charge in [-0.15, -0.1) is 0 Å². The average Bonchev–Trinajstić information content (AvgIpc) is 2.96. The smallest absolute Gasteiger partial charge is 0.291 e. The zero-order valence-corrected chi connectivity index (χ0v) is 10.5. The van der Waals surface area contributed by atoms with Crippen molar-refractivity contribution >= 4 is 23.2 Å². The average molecular weight is 270 g/mol. The van der Waals surface area contributed by atoms with Gasteiger partial charge in [0.05, 0.1) is 25.0 Å². The van der Waals surface area contributed by atoms with E-state index in [9.17, 15) is 4.79 Å². The number of halogens is 1. The molecule has 0 bridgehead atoms. The molecule has 0 aliphatic heterocycles. The third-order valence-electron chi connectivity index (χ3n) is 2.21. The number of nitrogens with zero attached hydrogens (tertiary/aromatic N) is 2. The Kier molecular flexibility index (Phi) is 4.01. The Morgan fingerprint density at radius 1 is 1.61 bits per heavy atom. The van der Waals surface area contributed by atoms with Crippen LogP contribution in [0.3, 0.4) is 0 Å². The zero-order chi connectivity index (χ0) is 13.0. The fourth-order valence-corrected chi connectivity index (χ4v) is 1.51. The first-order valence-corrected chi connectivity index (χ1v) is 5.65. The van der Waals surface area contributed by atoms with E-state index in [1.807, 2.05) is 0 Å². The SMILES string of the molecule is COCCn1cc(NC(=O)c2ccc(Cl)o2)cn1. The van der Waals surface area contributed by atoms with E-state index in [1.54, 1.807) is 24.2 Å². The van der Waals surface area contributed by atoms with Crippen LogP contribution in [0.2, 0.25) is 5.22 Å². The van der Waals surface area contributed by atoms with Gasteiger partial charge in [0, 0.05) is 13.3 Å². The lowest BCUT2D eigenvalue weighted by Gasteiger charge is -1.99. The van der Waals surface area contributed by atoms with Crippen molar-refractivity contribution in [3.05, 3.63) is 35.5 Å². The topological polar surface area (TPSA) is 69.3 Å². The summed E-state index contributed by atoms with van der Waals surface area (Å²) < 4.78 is 11.6. The summed E-state index contributed by atoms with van der Waals surface area (Å²) in [5.74, 6) is -0.210. The lowest BCUT2D eigenvalue weighted by Crippen LogP contribution is -2.10. The van der Waals surface area contributed by atoms with Crippen LogP contribution >= 0.6 is 11.6 Å². The Bertz CT molecular complexity index is 535. The summed E-state index contributed by atoms with van der Waals surface area (Å²) in [6.45, 7) is 1.18. The molecule has 6 nitrogen and oxygen atoms in total. The van der Waals surface area contributed by atoms with E-state index in [4.69, 9.17) is 20.8 Å². The van der Waals surface area contributed by atoms with E-state index in [0.29, 0.717) is 18.8 Å². The highest BCUT2D eigenvalue weighted by atomic mass is 35.5. The molecule has 0 aliphatic carbocycles. The van der Waals surface area contributed by atoms with Crippen molar-refractivity contribution in [1.82, 2.24) is 9.78 Å². The van der Waals surface area contributed by atoms with Crippen LogP contribution in [0.25, 0.3) is 0 Å². The molecule has 0 saturated heterocycles. The molecule has 0 spiro atoms. The second kappa shape index (κ2) is 5.70. The molecule has 0 saturated carbocycles. The molecule has 7 heteroatoms. The Balaban J connectivity index is 1.97. The second-order valence-corrected chi connectivity index (χ2v) is 3.92. The number of furan rings is 1. The number of carbonyl (C=O) groups excluding carboxylic acids is 1. The van der Waals surface area contributed by atoms with Gasteiger partial charge >= 0.3 is 0 Å². The van der Waals surface area contributed by atoms with E-state index in [0.717, 1.165) is 0 Å². The van der Waals surface area contributed by atoms with E-state index in [-0.39, 0.29) is 16.9 Å². The first-order chi connectivity index (χ1) is 8.69. The van der Waals surface area contributed by atoms with Crippen molar-refractivity contribution < 1.29 is 13.9 Å². The normalized spacial score (nSPS) is 10.6. The minimum absolute atomic E-state index is 0.157. The number of rotatable bonds is 5. The van der Waals surface area contributed by atoms with Crippen molar-refractivity contribution in [3.8, 4) is 0 Å². The molecule has 0 aliphatic rings. The number of methoxy groups -OCH3 is 1. The van der Waals surface area contributed by atoms with Gasteiger partial charge in [0.2, 0.25) is 0 Å². The third kappa shape index (κ3) is 3.12. The zero-order valence-electron chi connectivity index (χ0n) is 9.72. The van der Waals surface area contributed by atoms with Gasteiger partial charge in [-0.1, -0.05) is 0 Å². The van der Waals surface area contributed by atoms with Crippen molar-refractivity contribution in [3.63, 3.8) is 0 Å². The molecule has 0 unspecified atom stereocenters. The number of hydrogen-bond donors (Lipinski definition) is 1. The van der Waals surface area contributed by atoms with Gasteiger partial charge in [-0.05, 0) is 23.7 Å². The number of carbonyl (C=O) groups is 1. The summed E-state index contributed by atoms with van der Waals surface area (Å²) in [5.41, 5.74) is 0.587. The maximum absolute atomic E-state index is 11.7. The Labute approximate surface area is 108 Å². The lowest BCUT2D eigenvalue weighted by atomic mass is 10.4. The number of ether oxygens (including phenoxy) is 1. The first-order valence-electron chi connectivity index (χ1n) is 5.27. The number of aromatic nitrogens is 2. The maximum atomic E-state index is 11.7. The fraction of sp³-hybridized carbons (Fsp3) is 0.273. The minimum Gasteiger partial charge on any atom is -0.440 e. The predicted octanol–water partition coefficient (Wildman–Crippen LogP) is 2.03. The van der Waals surface area contributed by atoms with Crippen LogP contribution in [0.5, 0.6) is 0 Å². The molecule has 2 aromatic rings. The predicted molar refractivity (Wildman–Crippen MR) is 65.8 cm³/mol. The standard InChI is InChI=1S/C11H12ClN3O3/c1-17-5-4-15-7-8(6-13-15)14-11(16)9-2-3-10(12)18-9/h2-3,6-7H,4-5H2,1H3,(H,14,16). The van der Waals surface area contributed by atoms with Crippen LogP contribution in [0, 0.1) is 0 Å². The second-order valence-electron chi connectivity index (χ2n) is 3.54. The molecule has 2 rings (SSSR count). The Morgan fingerprint density at radius 3 is 3.11 bits per heavy atom. The van der Waals surface area contributed by atoms with E-state index in [1.165, 1.54) is 12.1 Å². The fourth-order valence-electron chi connectivity index (χ4n) is 1.36. The van der Waals surface area contributed by atoms with Gasteiger partial charge in [-0.2, -0.15) is 5.10 Å². The number of anilines is 1. The van der Waals surface area contributed by atoms with Crippen LogP contribution < -0.4 is 5.32 Å². The summed E-state index contributed by atoms with van der Waals surface area (Å²) in [6, 6.07) is 3.02. The first kappa shape index (κ1) is 12.7. The minimum atomic E-state index is -0.367. The summed E-state index contributed by atoms with van der Waals surface area (Å²) in [7, 11) is 1.62. The molecule has 2 aromatic heterocycles. The lowest BCUT2D eigenvalue weighted by molar-refractivity contribution is 0.0997. The highest BCUT2D eigenvalue weighted by Gasteiger charge is 2.11. The third-order valence-corrected chi connectivity index (χ3v) is 2.42. The van der Waals surface area contributed by atoms with E-state index < -0.39 is 0 Å². The molecule has 96 valence electrons. The van der Waals surface area contributed by atoms with Crippen LogP contribution in [0.1, 0.15) is 10.6 Å². The van der Waals surface area contributed by atoms with Crippen molar-refractivity contribution in [2.75, 3.05) is 19.0 Å². The molecule has 1 amide bonds. The van der Waals surface area contributed by atoms with Crippen LogP contribution in [0.15, 0.2) is 28.9 Å². The van der Waals surface area contributed by atoms with Gasteiger partial charge < -0.3 is 14.5 Å². The Morgan fingerprint density at radius 2 is 2.44 bits per heavy atom. The van der Waals surface area contributed by atoms with E-state index in [2.05, 4.69) is 10.4 Å².